The number of benzene rings is 1. The van der Waals surface area contributed by atoms with Gasteiger partial charge in [0.2, 0.25) is 0 Å². The predicted octanol–water partition coefficient (Wildman–Crippen LogP) is 2.85. The maximum atomic E-state index is 12.6. The van der Waals surface area contributed by atoms with Crippen LogP contribution in [0.25, 0.3) is 6.08 Å². The van der Waals surface area contributed by atoms with Crippen LogP contribution in [-0.4, -0.2) is 55.2 Å². The lowest BCUT2D eigenvalue weighted by molar-refractivity contribution is -0.158. The molecule has 1 aromatic rings. The van der Waals surface area contributed by atoms with E-state index in [0.29, 0.717) is 54.4 Å². The number of fused-ring (bicyclic) bond motifs is 1. The molecule has 0 aromatic heterocycles. The lowest BCUT2D eigenvalue weighted by Crippen LogP contribution is -2.45. The standard InChI is InChI=1S/C21H24ClNO6/c1-3-27-20(25)14-6-8-23(9-7-14)19(24)13(2)29-21(26)16-10-15-11-17(22)4-5-18(15)28-12-16/h4-5,10-11,13-14H,3,6-9,12H2,1-2H3/t13-/m0/s1. The number of rotatable bonds is 5. The highest BCUT2D eigenvalue weighted by atomic mass is 35.5. The highest BCUT2D eigenvalue weighted by Crippen LogP contribution is 2.29. The molecule has 1 aromatic carbocycles. The van der Waals surface area contributed by atoms with E-state index in [0.717, 1.165) is 0 Å². The summed E-state index contributed by atoms with van der Waals surface area (Å²) in [6.07, 6.45) is 1.82. The van der Waals surface area contributed by atoms with Gasteiger partial charge in [0.05, 0.1) is 18.1 Å². The summed E-state index contributed by atoms with van der Waals surface area (Å²) in [4.78, 5) is 38.5. The number of ether oxygens (including phenoxy) is 3. The number of esters is 2. The van der Waals surface area contributed by atoms with E-state index in [1.54, 1.807) is 43.0 Å². The maximum Gasteiger partial charge on any atom is 0.338 e. The van der Waals surface area contributed by atoms with Gasteiger partial charge >= 0.3 is 11.9 Å². The van der Waals surface area contributed by atoms with E-state index in [1.165, 1.54) is 0 Å². The number of nitrogens with zero attached hydrogens (tertiary/aromatic N) is 1. The molecule has 0 unspecified atom stereocenters. The zero-order valence-corrected chi connectivity index (χ0v) is 17.2. The molecular weight excluding hydrogens is 398 g/mol. The van der Waals surface area contributed by atoms with E-state index in [9.17, 15) is 14.4 Å². The molecule has 3 rings (SSSR count). The third-order valence-electron chi connectivity index (χ3n) is 5.01. The van der Waals surface area contributed by atoms with Gasteiger partial charge in [-0.25, -0.2) is 4.79 Å². The van der Waals surface area contributed by atoms with E-state index < -0.39 is 12.1 Å². The van der Waals surface area contributed by atoms with Crippen molar-refractivity contribution in [3.05, 3.63) is 34.4 Å². The number of hydrogen-bond acceptors (Lipinski definition) is 6. The van der Waals surface area contributed by atoms with Crippen molar-refractivity contribution in [2.45, 2.75) is 32.8 Å². The van der Waals surface area contributed by atoms with Crippen LogP contribution in [0.1, 0.15) is 32.3 Å². The second kappa shape index (κ2) is 9.31. The summed E-state index contributed by atoms with van der Waals surface area (Å²) in [5.74, 6) is -0.643. The fourth-order valence-corrected chi connectivity index (χ4v) is 3.59. The molecule has 156 valence electrons. The molecular formula is C21H24ClNO6. The Morgan fingerprint density at radius 1 is 1.28 bits per heavy atom. The molecule has 0 bridgehead atoms. The van der Waals surface area contributed by atoms with Crippen LogP contribution < -0.4 is 4.74 Å². The number of carbonyl (C=O) groups is 3. The number of likely N-dealkylation sites (tertiary alicyclic amines) is 1. The van der Waals surface area contributed by atoms with Crippen LogP contribution in [0.4, 0.5) is 0 Å². The minimum absolute atomic E-state index is 0.0688. The second-order valence-corrected chi connectivity index (χ2v) is 7.48. The highest BCUT2D eigenvalue weighted by molar-refractivity contribution is 6.30. The molecule has 8 heteroatoms. The molecule has 0 N–H and O–H groups in total. The lowest BCUT2D eigenvalue weighted by atomic mass is 9.96. The molecule has 2 heterocycles. The topological polar surface area (TPSA) is 82.1 Å². The molecule has 1 amide bonds. The Morgan fingerprint density at radius 2 is 2.00 bits per heavy atom. The maximum absolute atomic E-state index is 12.6. The van der Waals surface area contributed by atoms with Crippen molar-refractivity contribution in [1.82, 2.24) is 4.90 Å². The van der Waals surface area contributed by atoms with E-state index in [1.807, 2.05) is 0 Å². The number of piperidine rings is 1. The second-order valence-electron chi connectivity index (χ2n) is 7.04. The van der Waals surface area contributed by atoms with Gasteiger partial charge in [-0.05, 0) is 51.0 Å². The van der Waals surface area contributed by atoms with Crippen LogP contribution in [0, 0.1) is 5.92 Å². The fraction of sp³-hybridized carbons (Fsp3) is 0.476. The van der Waals surface area contributed by atoms with Crippen LogP contribution in [0.5, 0.6) is 5.75 Å². The van der Waals surface area contributed by atoms with Gasteiger partial charge in [-0.3, -0.25) is 9.59 Å². The average Bonchev–Trinajstić information content (AvgIpc) is 2.72. The number of carbonyl (C=O) groups excluding carboxylic acids is 3. The van der Waals surface area contributed by atoms with Crippen molar-refractivity contribution in [3.63, 3.8) is 0 Å². The van der Waals surface area contributed by atoms with Gasteiger partial charge in [-0.2, -0.15) is 0 Å². The van der Waals surface area contributed by atoms with Crippen molar-refractivity contribution >= 4 is 35.5 Å². The van der Waals surface area contributed by atoms with Crippen LogP contribution in [-0.2, 0) is 23.9 Å². The summed E-state index contributed by atoms with van der Waals surface area (Å²) in [5.41, 5.74) is 1.01. The fourth-order valence-electron chi connectivity index (χ4n) is 3.41. The molecule has 1 atom stereocenters. The van der Waals surface area contributed by atoms with Gasteiger partial charge in [0.25, 0.3) is 5.91 Å². The van der Waals surface area contributed by atoms with E-state index in [4.69, 9.17) is 25.8 Å². The van der Waals surface area contributed by atoms with E-state index in [2.05, 4.69) is 0 Å². The molecule has 0 aliphatic carbocycles. The lowest BCUT2D eigenvalue weighted by Gasteiger charge is -2.32. The number of hydrogen-bond donors (Lipinski definition) is 0. The number of amides is 1. The summed E-state index contributed by atoms with van der Waals surface area (Å²) >= 11 is 5.98. The summed E-state index contributed by atoms with van der Waals surface area (Å²) in [7, 11) is 0. The third-order valence-corrected chi connectivity index (χ3v) is 5.24. The molecule has 1 saturated heterocycles. The Balaban J connectivity index is 1.55. The molecule has 2 aliphatic rings. The summed E-state index contributed by atoms with van der Waals surface area (Å²) < 4.78 is 16.0. The largest absolute Gasteiger partial charge is 0.488 e. The Kier molecular flexibility index (Phi) is 6.79. The molecule has 0 spiro atoms. The first-order valence-corrected chi connectivity index (χ1v) is 10.1. The molecule has 7 nitrogen and oxygen atoms in total. The van der Waals surface area contributed by atoms with Gasteiger partial charge < -0.3 is 19.1 Å². The Morgan fingerprint density at radius 3 is 2.69 bits per heavy atom. The third kappa shape index (κ3) is 5.09. The Labute approximate surface area is 174 Å². The first-order chi connectivity index (χ1) is 13.9. The van der Waals surface area contributed by atoms with Crippen LogP contribution in [0.3, 0.4) is 0 Å². The van der Waals surface area contributed by atoms with E-state index in [-0.39, 0.29) is 24.4 Å². The summed E-state index contributed by atoms with van der Waals surface area (Å²) in [6.45, 7) is 4.60. The first-order valence-electron chi connectivity index (χ1n) is 9.68. The van der Waals surface area contributed by atoms with Crippen molar-refractivity contribution in [2.75, 3.05) is 26.3 Å². The van der Waals surface area contributed by atoms with Gasteiger partial charge in [0.1, 0.15) is 12.4 Å². The number of halogens is 1. The smallest absolute Gasteiger partial charge is 0.338 e. The van der Waals surface area contributed by atoms with Crippen LogP contribution >= 0.6 is 11.6 Å². The summed E-state index contributed by atoms with van der Waals surface area (Å²) in [6, 6.07) is 5.15. The monoisotopic (exact) mass is 421 g/mol. The molecule has 2 aliphatic heterocycles. The molecule has 0 saturated carbocycles. The van der Waals surface area contributed by atoms with Gasteiger partial charge in [-0.15, -0.1) is 0 Å². The molecule has 1 fully saturated rings. The minimum atomic E-state index is -0.927. The zero-order valence-electron chi connectivity index (χ0n) is 16.5. The van der Waals surface area contributed by atoms with Crippen molar-refractivity contribution < 1.29 is 28.6 Å². The van der Waals surface area contributed by atoms with Gasteiger partial charge in [0, 0.05) is 23.7 Å². The van der Waals surface area contributed by atoms with Crippen molar-refractivity contribution in [2.24, 2.45) is 5.92 Å². The van der Waals surface area contributed by atoms with Gasteiger partial charge in [0.15, 0.2) is 6.10 Å². The molecule has 0 radical (unpaired) electrons. The van der Waals surface area contributed by atoms with Crippen LogP contribution in [0.2, 0.25) is 5.02 Å². The first kappa shape index (κ1) is 21.2. The van der Waals surface area contributed by atoms with Crippen molar-refractivity contribution in [1.29, 1.82) is 0 Å². The van der Waals surface area contributed by atoms with E-state index >= 15 is 0 Å². The summed E-state index contributed by atoms with van der Waals surface area (Å²) in [5, 5.41) is 0.535. The van der Waals surface area contributed by atoms with Gasteiger partial charge in [-0.1, -0.05) is 11.6 Å². The van der Waals surface area contributed by atoms with Crippen LogP contribution in [0.15, 0.2) is 23.8 Å². The Hall–Kier alpha value is -2.54. The average molecular weight is 422 g/mol. The Bertz CT molecular complexity index is 828. The normalized spacial score (nSPS) is 17.5. The SMILES string of the molecule is CCOC(=O)C1CCN(C(=O)[C@H](C)OC(=O)C2=Cc3cc(Cl)ccc3OC2)CC1. The minimum Gasteiger partial charge on any atom is -0.488 e. The molecule has 29 heavy (non-hydrogen) atoms. The van der Waals surface area contributed by atoms with Crippen molar-refractivity contribution in [3.8, 4) is 5.75 Å². The quantitative estimate of drug-likeness (QED) is 0.680. The zero-order chi connectivity index (χ0) is 21.0. The highest BCUT2D eigenvalue weighted by Gasteiger charge is 2.32. The predicted molar refractivity (Wildman–Crippen MR) is 106 cm³/mol.